The van der Waals surface area contributed by atoms with Gasteiger partial charge in [-0.2, -0.15) is 8.42 Å². The number of benzene rings is 1. The first kappa shape index (κ1) is 29.3. The third-order valence-corrected chi connectivity index (χ3v) is 6.35. The van der Waals surface area contributed by atoms with Crippen molar-refractivity contribution in [1.82, 2.24) is 5.32 Å². The van der Waals surface area contributed by atoms with Crippen LogP contribution in [0.25, 0.3) is 0 Å². The van der Waals surface area contributed by atoms with E-state index in [-0.39, 0.29) is 25.5 Å². The van der Waals surface area contributed by atoms with Gasteiger partial charge >= 0.3 is 12.1 Å². The molecule has 0 saturated carbocycles. The van der Waals surface area contributed by atoms with Crippen LogP contribution in [0.3, 0.4) is 0 Å². The molecular weight excluding hydrogens is 470 g/mol. The number of nitrogens with one attached hydrogen (secondary N) is 1. The molecule has 12 heteroatoms. The van der Waals surface area contributed by atoms with Crippen LogP contribution in [0.5, 0.6) is 0 Å². The van der Waals surface area contributed by atoms with Gasteiger partial charge in [-0.15, -0.1) is 0 Å². The van der Waals surface area contributed by atoms with Crippen molar-refractivity contribution in [3.05, 3.63) is 35.9 Å². The predicted molar refractivity (Wildman–Crippen MR) is 121 cm³/mol. The maximum absolute atomic E-state index is 12.1. The molecule has 0 radical (unpaired) electrons. The Morgan fingerprint density at radius 2 is 1.68 bits per heavy atom. The van der Waals surface area contributed by atoms with Gasteiger partial charge in [0.2, 0.25) is 11.5 Å². The highest BCUT2D eigenvalue weighted by atomic mass is 32.2. The quantitative estimate of drug-likeness (QED) is 0.181. The van der Waals surface area contributed by atoms with Gasteiger partial charge in [0.05, 0.1) is 19.0 Å². The highest BCUT2D eigenvalue weighted by Crippen LogP contribution is 2.33. The molecule has 1 atom stereocenters. The molecule has 0 saturated heterocycles. The summed E-state index contributed by atoms with van der Waals surface area (Å²) in [6.07, 6.45) is 0.110. The summed E-state index contributed by atoms with van der Waals surface area (Å²) < 4.78 is 38.7. The molecular formula is C22H33NO10S. The Labute approximate surface area is 199 Å². The number of aryl methyl sites for hydroxylation is 1. The van der Waals surface area contributed by atoms with E-state index < -0.39 is 52.2 Å². The van der Waals surface area contributed by atoms with Gasteiger partial charge in [-0.25, -0.2) is 9.59 Å². The second-order valence-corrected chi connectivity index (χ2v) is 10.1. The van der Waals surface area contributed by atoms with Crippen LogP contribution in [0.1, 0.15) is 39.2 Å². The van der Waals surface area contributed by atoms with E-state index in [2.05, 4.69) is 5.32 Å². The van der Waals surface area contributed by atoms with Crippen molar-refractivity contribution >= 4 is 28.1 Å². The molecule has 0 aliphatic rings. The Balaban J connectivity index is 2.55. The van der Waals surface area contributed by atoms with E-state index in [0.717, 1.165) is 5.56 Å². The Morgan fingerprint density at radius 3 is 2.26 bits per heavy atom. The van der Waals surface area contributed by atoms with E-state index in [9.17, 15) is 33.0 Å². The number of amides is 1. The van der Waals surface area contributed by atoms with Gasteiger partial charge in [0, 0.05) is 18.9 Å². The molecule has 34 heavy (non-hydrogen) atoms. The topological polar surface area (TPSA) is 166 Å². The summed E-state index contributed by atoms with van der Waals surface area (Å²) in [5.41, 5.74) is -3.26. The van der Waals surface area contributed by atoms with Crippen molar-refractivity contribution in [2.45, 2.75) is 45.6 Å². The molecule has 0 aliphatic heterocycles. The molecule has 0 heterocycles. The minimum atomic E-state index is -4.06. The number of rotatable bonds is 15. The average Bonchev–Trinajstić information content (AvgIpc) is 2.77. The van der Waals surface area contributed by atoms with Crippen LogP contribution in [0.2, 0.25) is 0 Å². The minimum absolute atomic E-state index is 0.0302. The second-order valence-electron chi connectivity index (χ2n) is 8.39. The van der Waals surface area contributed by atoms with E-state index in [4.69, 9.17) is 13.7 Å². The molecule has 0 aliphatic carbocycles. The molecule has 0 bridgehead atoms. The highest BCUT2D eigenvalue weighted by Gasteiger charge is 2.52. The maximum Gasteiger partial charge on any atom is 0.508 e. The summed E-state index contributed by atoms with van der Waals surface area (Å²) in [7, 11) is -4.06. The van der Waals surface area contributed by atoms with E-state index in [1.54, 1.807) is 0 Å². The molecule has 1 aromatic carbocycles. The van der Waals surface area contributed by atoms with Gasteiger partial charge in [0.1, 0.15) is 6.61 Å². The molecule has 1 amide bonds. The van der Waals surface area contributed by atoms with Gasteiger partial charge in [-0.1, -0.05) is 44.2 Å². The van der Waals surface area contributed by atoms with Crippen LogP contribution in [0.15, 0.2) is 30.3 Å². The molecule has 0 spiro atoms. The van der Waals surface area contributed by atoms with E-state index >= 15 is 0 Å². The summed E-state index contributed by atoms with van der Waals surface area (Å²) in [4.78, 5) is 34.4. The van der Waals surface area contributed by atoms with Crippen LogP contribution >= 0.6 is 0 Å². The van der Waals surface area contributed by atoms with Crippen molar-refractivity contribution in [2.24, 2.45) is 5.41 Å². The standard InChI is InChI=1S/C22H33NO10S/c1-17(24)23-12-8-14-34(29,30)33-15-21(2,3)22(28,19(25)26)16-32-20(27)31-13-7-11-18-9-5-4-6-10-18/h4-6,9-10,28H,7-8,11-16H2,1-3H3,(H,23,24)(H,25,26)/t22-/m1/s1. The van der Waals surface area contributed by atoms with E-state index in [1.165, 1.54) is 20.8 Å². The Kier molecular flexibility index (Phi) is 11.4. The smallest absolute Gasteiger partial charge is 0.479 e. The predicted octanol–water partition coefficient (Wildman–Crippen LogP) is 1.49. The Hall–Kier alpha value is -2.70. The fraction of sp³-hybridized carbons (Fsp3) is 0.591. The average molecular weight is 504 g/mol. The fourth-order valence-corrected chi connectivity index (χ4v) is 3.85. The third kappa shape index (κ3) is 10.1. The second kappa shape index (κ2) is 13.3. The number of carboxylic acids is 1. The van der Waals surface area contributed by atoms with Crippen molar-refractivity contribution < 1.29 is 46.7 Å². The molecule has 1 rings (SSSR count). The van der Waals surface area contributed by atoms with Crippen molar-refractivity contribution in [2.75, 3.05) is 32.1 Å². The number of hydrogen-bond donors (Lipinski definition) is 3. The molecule has 0 unspecified atom stereocenters. The molecule has 3 N–H and O–H groups in total. The molecule has 0 aromatic heterocycles. The summed E-state index contributed by atoms with van der Waals surface area (Å²) >= 11 is 0. The number of aliphatic carboxylic acids is 1. The number of ether oxygens (including phenoxy) is 2. The normalized spacial score (nSPS) is 13.5. The lowest BCUT2D eigenvalue weighted by atomic mass is 9.76. The van der Waals surface area contributed by atoms with Crippen LogP contribution in [0, 0.1) is 5.41 Å². The zero-order chi connectivity index (χ0) is 25.8. The van der Waals surface area contributed by atoms with Crippen molar-refractivity contribution in [1.29, 1.82) is 0 Å². The van der Waals surface area contributed by atoms with Crippen LogP contribution in [-0.4, -0.2) is 74.4 Å². The van der Waals surface area contributed by atoms with Crippen molar-refractivity contribution in [3.63, 3.8) is 0 Å². The zero-order valence-corrected chi connectivity index (χ0v) is 20.4. The fourth-order valence-electron chi connectivity index (χ4n) is 2.76. The number of carbonyl (C=O) groups excluding carboxylic acids is 2. The lowest BCUT2D eigenvalue weighted by Gasteiger charge is -2.37. The first-order valence-electron chi connectivity index (χ1n) is 10.7. The third-order valence-electron chi connectivity index (χ3n) is 5.09. The Bertz CT molecular complexity index is 917. The largest absolute Gasteiger partial charge is 0.508 e. The number of carboxylic acid groups (broad SMARTS) is 1. The summed E-state index contributed by atoms with van der Waals surface area (Å²) in [6.45, 7) is 2.32. The molecule has 1 aromatic rings. The number of carbonyl (C=O) groups is 3. The molecule has 0 fully saturated rings. The lowest BCUT2D eigenvalue weighted by Crippen LogP contribution is -2.57. The minimum Gasteiger partial charge on any atom is -0.479 e. The van der Waals surface area contributed by atoms with Crippen LogP contribution in [-0.2, 0) is 39.8 Å². The lowest BCUT2D eigenvalue weighted by molar-refractivity contribution is -0.184. The van der Waals surface area contributed by atoms with Crippen molar-refractivity contribution in [3.8, 4) is 0 Å². The Morgan fingerprint density at radius 1 is 1.03 bits per heavy atom. The molecule has 192 valence electrons. The zero-order valence-electron chi connectivity index (χ0n) is 19.6. The first-order valence-corrected chi connectivity index (χ1v) is 12.3. The van der Waals surface area contributed by atoms with E-state index in [1.807, 2.05) is 30.3 Å². The van der Waals surface area contributed by atoms with Crippen LogP contribution in [0.4, 0.5) is 4.79 Å². The van der Waals surface area contributed by atoms with Gasteiger partial charge in [0.15, 0.2) is 0 Å². The summed E-state index contributed by atoms with van der Waals surface area (Å²) in [5.74, 6) is -2.44. The monoisotopic (exact) mass is 503 g/mol. The van der Waals surface area contributed by atoms with Gasteiger partial charge in [-0.05, 0) is 24.8 Å². The van der Waals surface area contributed by atoms with E-state index in [0.29, 0.717) is 12.8 Å². The maximum atomic E-state index is 12.1. The summed E-state index contributed by atoms with van der Waals surface area (Å²) in [5, 5.41) is 22.7. The highest BCUT2D eigenvalue weighted by molar-refractivity contribution is 7.86. The first-order chi connectivity index (χ1) is 15.8. The SMILES string of the molecule is CC(=O)NCCCS(=O)(=O)OCC(C)(C)[C@@](O)(COC(=O)OCCCc1ccccc1)C(=O)O. The van der Waals surface area contributed by atoms with Gasteiger partial charge in [-0.3, -0.25) is 8.98 Å². The summed E-state index contributed by atoms with van der Waals surface area (Å²) in [6, 6.07) is 9.52. The van der Waals surface area contributed by atoms with Crippen LogP contribution < -0.4 is 5.32 Å². The van der Waals surface area contributed by atoms with Gasteiger partial charge < -0.3 is 25.0 Å². The number of aliphatic hydroxyl groups is 1. The van der Waals surface area contributed by atoms with Gasteiger partial charge in [0.25, 0.3) is 10.1 Å². The molecule has 11 nitrogen and oxygen atoms in total. The number of hydrogen-bond acceptors (Lipinski definition) is 9.